The molecule has 0 bridgehead atoms. The third-order valence-electron chi connectivity index (χ3n) is 4.76. The van der Waals surface area contributed by atoms with Crippen LogP contribution in [-0.2, 0) is 10.3 Å². The third-order valence-corrected chi connectivity index (χ3v) is 5.17. The summed E-state index contributed by atoms with van der Waals surface area (Å²) in [6, 6.07) is 4.79. The van der Waals surface area contributed by atoms with Gasteiger partial charge in [0.1, 0.15) is 5.82 Å². The molecular weight excluding hydrogens is 486 g/mol. The van der Waals surface area contributed by atoms with Crippen molar-refractivity contribution in [2.75, 3.05) is 0 Å². The van der Waals surface area contributed by atoms with Crippen molar-refractivity contribution in [3.63, 3.8) is 0 Å². The van der Waals surface area contributed by atoms with E-state index in [0.717, 1.165) is 6.07 Å². The molecule has 2 N–H and O–H groups in total. The van der Waals surface area contributed by atoms with E-state index in [1.807, 2.05) is 0 Å². The van der Waals surface area contributed by atoms with E-state index in [1.54, 1.807) is 6.07 Å². The second-order valence-corrected chi connectivity index (χ2v) is 7.99. The molecule has 3 aromatic rings. The quantitative estimate of drug-likeness (QED) is 0.529. The Morgan fingerprint density at radius 3 is 2.58 bits per heavy atom. The first-order chi connectivity index (χ1) is 14.5. The molecular formula is C19H14BrF4N5O2. The highest BCUT2D eigenvalue weighted by atomic mass is 79.9. The molecule has 0 unspecified atom stereocenters. The summed E-state index contributed by atoms with van der Waals surface area (Å²) >= 11 is 3.23. The van der Waals surface area contributed by atoms with E-state index >= 15 is 0 Å². The van der Waals surface area contributed by atoms with Crippen molar-refractivity contribution in [2.24, 2.45) is 10.7 Å². The summed E-state index contributed by atoms with van der Waals surface area (Å²) in [7, 11) is 0. The number of ether oxygens (including phenoxy) is 1. The number of alkyl halides is 3. The molecule has 0 amide bonds. The molecule has 0 aliphatic carbocycles. The van der Waals surface area contributed by atoms with Crippen LogP contribution in [0.3, 0.4) is 0 Å². The van der Waals surface area contributed by atoms with Crippen LogP contribution in [0.1, 0.15) is 18.9 Å². The molecule has 4 rings (SSSR count). The number of amidine groups is 1. The first-order valence-corrected chi connectivity index (χ1v) is 9.68. The molecule has 12 heteroatoms. The van der Waals surface area contributed by atoms with Crippen LogP contribution in [0.2, 0.25) is 0 Å². The molecule has 1 aliphatic rings. The maximum atomic E-state index is 14.7. The van der Waals surface area contributed by atoms with Crippen LogP contribution in [0.25, 0.3) is 22.8 Å². The van der Waals surface area contributed by atoms with Crippen molar-refractivity contribution in [2.45, 2.75) is 31.2 Å². The van der Waals surface area contributed by atoms with Crippen LogP contribution in [0, 0.1) is 5.82 Å². The Morgan fingerprint density at radius 1 is 1.19 bits per heavy atom. The maximum absolute atomic E-state index is 14.7. The van der Waals surface area contributed by atoms with E-state index < -0.39 is 36.1 Å². The summed E-state index contributed by atoms with van der Waals surface area (Å²) in [5, 5.41) is 3.91. The Balaban J connectivity index is 1.71. The zero-order valence-corrected chi connectivity index (χ0v) is 17.4. The van der Waals surface area contributed by atoms with Gasteiger partial charge in [0.05, 0.1) is 10.0 Å². The zero-order valence-electron chi connectivity index (χ0n) is 15.8. The molecule has 0 saturated heterocycles. The molecule has 1 aliphatic heterocycles. The van der Waals surface area contributed by atoms with Crippen molar-refractivity contribution < 1.29 is 26.8 Å². The summed E-state index contributed by atoms with van der Waals surface area (Å²) in [4.78, 5) is 12.2. The van der Waals surface area contributed by atoms with Gasteiger partial charge in [-0.05, 0) is 41.1 Å². The average molecular weight is 500 g/mol. The van der Waals surface area contributed by atoms with E-state index in [9.17, 15) is 17.6 Å². The minimum Gasteiger partial charge on any atom is -0.452 e. The lowest BCUT2D eigenvalue weighted by Crippen LogP contribution is -2.46. The second-order valence-electron chi connectivity index (χ2n) is 7.07. The lowest BCUT2D eigenvalue weighted by atomic mass is 9.84. The first-order valence-electron chi connectivity index (χ1n) is 8.89. The number of hydrogen-bond acceptors (Lipinski definition) is 7. The van der Waals surface area contributed by atoms with Gasteiger partial charge >= 0.3 is 6.18 Å². The molecule has 7 nitrogen and oxygen atoms in total. The van der Waals surface area contributed by atoms with E-state index in [0.29, 0.717) is 21.6 Å². The van der Waals surface area contributed by atoms with Gasteiger partial charge in [0.15, 0.2) is 23.4 Å². The Hall–Kier alpha value is -3.02. The van der Waals surface area contributed by atoms with Gasteiger partial charge in [-0.15, -0.1) is 0 Å². The predicted molar refractivity (Wildman–Crippen MR) is 105 cm³/mol. The van der Waals surface area contributed by atoms with Gasteiger partial charge in [-0.1, -0.05) is 5.16 Å². The van der Waals surface area contributed by atoms with E-state index in [1.165, 1.54) is 31.5 Å². The number of rotatable bonds is 3. The van der Waals surface area contributed by atoms with E-state index in [-0.39, 0.29) is 11.3 Å². The zero-order chi connectivity index (χ0) is 22.4. The third kappa shape index (κ3) is 4.24. The van der Waals surface area contributed by atoms with Crippen molar-refractivity contribution in [1.82, 2.24) is 15.1 Å². The van der Waals surface area contributed by atoms with Gasteiger partial charge in [-0.3, -0.25) is 0 Å². The number of nitrogens with zero attached hydrogens (tertiary/aromatic N) is 4. The highest BCUT2D eigenvalue weighted by molar-refractivity contribution is 9.10. The van der Waals surface area contributed by atoms with E-state index in [2.05, 4.69) is 40.8 Å². The molecule has 2 atom stereocenters. The van der Waals surface area contributed by atoms with Gasteiger partial charge in [-0.25, -0.2) is 19.4 Å². The largest absolute Gasteiger partial charge is 0.452 e. The van der Waals surface area contributed by atoms with Crippen LogP contribution in [0.5, 0.6) is 0 Å². The summed E-state index contributed by atoms with van der Waals surface area (Å²) in [6.07, 6.45) is -4.44. The second kappa shape index (κ2) is 7.59. The smallest absolute Gasteiger partial charge is 0.425 e. The molecule has 31 heavy (non-hydrogen) atoms. The molecule has 2 aromatic heterocycles. The maximum Gasteiger partial charge on any atom is 0.425 e. The van der Waals surface area contributed by atoms with Crippen molar-refractivity contribution in [3.05, 3.63) is 52.5 Å². The van der Waals surface area contributed by atoms with Crippen LogP contribution >= 0.6 is 15.9 Å². The molecule has 0 fully saturated rings. The number of halogens is 5. The minimum absolute atomic E-state index is 0.0802. The van der Waals surface area contributed by atoms with Crippen molar-refractivity contribution in [1.29, 1.82) is 0 Å². The molecule has 162 valence electrons. The fourth-order valence-corrected chi connectivity index (χ4v) is 3.47. The number of hydrogen-bond donors (Lipinski definition) is 1. The van der Waals surface area contributed by atoms with Gasteiger partial charge in [0.2, 0.25) is 0 Å². The number of benzene rings is 1. The van der Waals surface area contributed by atoms with Gasteiger partial charge in [0.25, 0.3) is 6.02 Å². The Labute approximate surface area is 181 Å². The Morgan fingerprint density at radius 2 is 1.90 bits per heavy atom. The normalized spacial score (nSPS) is 21.5. The lowest BCUT2D eigenvalue weighted by Gasteiger charge is -2.36. The summed E-state index contributed by atoms with van der Waals surface area (Å²) in [5.41, 5.74) is 4.52. The van der Waals surface area contributed by atoms with Crippen LogP contribution in [0.15, 0.2) is 50.6 Å². The van der Waals surface area contributed by atoms with Gasteiger partial charge in [0, 0.05) is 36.0 Å². The molecule has 1 aromatic carbocycles. The van der Waals surface area contributed by atoms with Gasteiger partial charge in [-0.2, -0.15) is 13.2 Å². The highest BCUT2D eigenvalue weighted by Gasteiger charge is 2.50. The summed E-state index contributed by atoms with van der Waals surface area (Å²) in [5.74, 6) is -0.174. The van der Waals surface area contributed by atoms with Crippen molar-refractivity contribution in [3.8, 4) is 22.8 Å². The number of aliphatic imine (C=N–C) groups is 1. The standard InChI is InChI=1S/C19H14BrF4N5O2/c1-18(6-15(19(22,23)24)30-17(25)28-18)11-4-9(2-3-12(11)21)14-5-13(29-31-14)16-26-7-10(20)8-27-16/h2-5,7-8,15H,6H2,1H3,(H2,25,28)/t15-,18-/m0/s1. The first kappa shape index (κ1) is 21.2. The fraction of sp³-hybridized carbons (Fsp3) is 0.263. The topological polar surface area (TPSA) is 99.4 Å². The van der Waals surface area contributed by atoms with Gasteiger partial charge < -0.3 is 15.0 Å². The van der Waals surface area contributed by atoms with Crippen LogP contribution < -0.4 is 5.73 Å². The monoisotopic (exact) mass is 499 g/mol. The highest BCUT2D eigenvalue weighted by Crippen LogP contribution is 2.41. The molecule has 3 heterocycles. The number of nitrogens with two attached hydrogens (primary N) is 1. The minimum atomic E-state index is -4.68. The summed E-state index contributed by atoms with van der Waals surface area (Å²) in [6.45, 7) is 1.37. The molecule has 0 saturated carbocycles. The fourth-order valence-electron chi connectivity index (χ4n) is 3.27. The summed E-state index contributed by atoms with van der Waals surface area (Å²) < 4.78 is 65.0. The van der Waals surface area contributed by atoms with Crippen molar-refractivity contribution >= 4 is 22.0 Å². The molecule has 0 spiro atoms. The number of aromatic nitrogens is 3. The Bertz CT molecular complexity index is 1150. The van der Waals surface area contributed by atoms with Crippen LogP contribution in [0.4, 0.5) is 17.6 Å². The average Bonchev–Trinajstić information content (AvgIpc) is 3.17. The molecule has 0 radical (unpaired) electrons. The van der Waals surface area contributed by atoms with Crippen LogP contribution in [-0.4, -0.2) is 33.4 Å². The Kier molecular flexibility index (Phi) is 5.20. The predicted octanol–water partition coefficient (Wildman–Crippen LogP) is 4.58. The lowest BCUT2D eigenvalue weighted by molar-refractivity contribution is -0.208. The SMILES string of the molecule is C[C@@]1(c2cc(-c3cc(-c4ncc(Br)cn4)no3)ccc2F)C[C@@H](C(F)(F)F)OC(N)=N1. The van der Waals surface area contributed by atoms with E-state index in [4.69, 9.17) is 10.3 Å².